The second-order valence-electron chi connectivity index (χ2n) is 6.12. The lowest BCUT2D eigenvalue weighted by molar-refractivity contribution is 0.420. The third kappa shape index (κ3) is 2.80. The van der Waals surface area contributed by atoms with E-state index >= 15 is 0 Å². The second-order valence-corrected chi connectivity index (χ2v) is 6.12. The van der Waals surface area contributed by atoms with E-state index in [1.807, 2.05) is 55.5 Å². The van der Waals surface area contributed by atoms with Gasteiger partial charge in [0, 0.05) is 17.4 Å². The topological polar surface area (TPSA) is 70.4 Å². The molecule has 5 nitrogen and oxygen atoms in total. The van der Waals surface area contributed by atoms with E-state index in [0.29, 0.717) is 12.2 Å². The van der Waals surface area contributed by atoms with E-state index in [9.17, 15) is 9.90 Å². The number of aromatic amines is 1. The highest BCUT2D eigenvalue weighted by Gasteiger charge is 2.16. The number of hydrogen-bond acceptors (Lipinski definition) is 3. The number of nitrogens with one attached hydrogen (secondary N) is 1. The van der Waals surface area contributed by atoms with Crippen LogP contribution in [-0.2, 0) is 6.54 Å². The third-order valence-corrected chi connectivity index (χ3v) is 4.26. The average molecular weight is 331 g/mol. The van der Waals surface area contributed by atoms with E-state index in [4.69, 9.17) is 0 Å². The molecule has 0 amide bonds. The molecule has 124 valence electrons. The van der Waals surface area contributed by atoms with Crippen LogP contribution in [-0.4, -0.2) is 20.9 Å². The number of allylic oxidation sites excluding steroid dienone is 1. The van der Waals surface area contributed by atoms with Crippen LogP contribution < -0.4 is 5.69 Å². The molecule has 1 aromatic heterocycles. The SMILES string of the molecule is Cc1cccc(Cn2c(O)c(/C=C3\C=Nc4ccccc43)[nH]c2=O)c1. The first-order valence-corrected chi connectivity index (χ1v) is 8.04. The van der Waals surface area contributed by atoms with Crippen LogP contribution in [0.25, 0.3) is 11.6 Å². The van der Waals surface area contributed by atoms with E-state index in [2.05, 4.69) is 9.98 Å². The Hall–Kier alpha value is -3.34. The summed E-state index contributed by atoms with van der Waals surface area (Å²) in [5.41, 5.74) is 4.84. The maximum absolute atomic E-state index is 12.3. The van der Waals surface area contributed by atoms with Gasteiger partial charge in [0.25, 0.3) is 0 Å². The number of benzene rings is 2. The fraction of sp³-hybridized carbons (Fsp3) is 0.100. The largest absolute Gasteiger partial charge is 0.493 e. The number of aromatic nitrogens is 2. The molecule has 0 fully saturated rings. The van der Waals surface area contributed by atoms with Gasteiger partial charge in [0.15, 0.2) is 0 Å². The zero-order chi connectivity index (χ0) is 17.4. The minimum Gasteiger partial charge on any atom is -0.493 e. The maximum atomic E-state index is 12.3. The van der Waals surface area contributed by atoms with Crippen molar-refractivity contribution < 1.29 is 5.11 Å². The van der Waals surface area contributed by atoms with Gasteiger partial charge >= 0.3 is 5.69 Å². The van der Waals surface area contributed by atoms with Gasteiger partial charge in [0.2, 0.25) is 5.88 Å². The lowest BCUT2D eigenvalue weighted by atomic mass is 10.1. The Labute approximate surface area is 144 Å². The van der Waals surface area contributed by atoms with E-state index in [1.54, 1.807) is 12.3 Å². The Morgan fingerprint density at radius 1 is 1.20 bits per heavy atom. The molecule has 3 aromatic rings. The van der Waals surface area contributed by atoms with Gasteiger partial charge in [0.05, 0.1) is 12.2 Å². The number of imidazole rings is 1. The lowest BCUT2D eigenvalue weighted by Crippen LogP contribution is -2.17. The van der Waals surface area contributed by atoms with Crippen molar-refractivity contribution in [2.24, 2.45) is 4.99 Å². The van der Waals surface area contributed by atoms with Gasteiger partial charge in [-0.3, -0.25) is 9.56 Å². The van der Waals surface area contributed by atoms with Crippen LogP contribution in [0.2, 0.25) is 0 Å². The fourth-order valence-corrected chi connectivity index (χ4v) is 3.03. The van der Waals surface area contributed by atoms with Crippen molar-refractivity contribution in [3.8, 4) is 5.88 Å². The standard InChI is InChI=1S/C20H17N3O2/c1-13-5-4-6-14(9-13)12-23-19(24)18(22-20(23)25)10-15-11-21-17-8-3-2-7-16(15)17/h2-11,24H,12H2,1H3,(H,22,25)/b15-10+. The molecule has 1 aliphatic rings. The molecule has 0 saturated heterocycles. The summed E-state index contributed by atoms with van der Waals surface area (Å²) in [6, 6.07) is 15.6. The highest BCUT2D eigenvalue weighted by Crippen LogP contribution is 2.32. The normalized spacial score (nSPS) is 14.2. The number of aromatic hydroxyl groups is 1. The highest BCUT2D eigenvalue weighted by atomic mass is 16.3. The van der Waals surface area contributed by atoms with Crippen molar-refractivity contribution in [2.75, 3.05) is 0 Å². The molecule has 0 aliphatic carbocycles. The Balaban J connectivity index is 1.71. The molecule has 2 heterocycles. The molecule has 0 unspecified atom stereocenters. The summed E-state index contributed by atoms with van der Waals surface area (Å²) in [6.45, 7) is 2.31. The van der Waals surface area contributed by atoms with Crippen molar-refractivity contribution in [1.82, 2.24) is 9.55 Å². The molecule has 5 heteroatoms. The summed E-state index contributed by atoms with van der Waals surface area (Å²) in [6.07, 6.45) is 3.49. The molecule has 0 saturated carbocycles. The Kier molecular flexibility index (Phi) is 3.61. The van der Waals surface area contributed by atoms with Gasteiger partial charge in [-0.15, -0.1) is 0 Å². The van der Waals surface area contributed by atoms with Gasteiger partial charge < -0.3 is 10.1 Å². The molecule has 0 spiro atoms. The van der Waals surface area contributed by atoms with Crippen molar-refractivity contribution in [3.05, 3.63) is 81.4 Å². The first-order chi connectivity index (χ1) is 12.1. The number of rotatable bonds is 3. The van der Waals surface area contributed by atoms with Crippen LogP contribution in [0.15, 0.2) is 58.3 Å². The Morgan fingerprint density at radius 2 is 2.04 bits per heavy atom. The number of H-pyrrole nitrogens is 1. The molecule has 0 atom stereocenters. The molecule has 1 aliphatic heterocycles. The maximum Gasteiger partial charge on any atom is 0.329 e. The third-order valence-electron chi connectivity index (χ3n) is 4.26. The second kappa shape index (κ2) is 5.94. The zero-order valence-corrected chi connectivity index (χ0v) is 13.7. The first kappa shape index (κ1) is 15.2. The number of nitrogens with zero attached hydrogens (tertiary/aromatic N) is 2. The minimum atomic E-state index is -0.339. The summed E-state index contributed by atoms with van der Waals surface area (Å²) in [5.74, 6) is -0.0724. The number of para-hydroxylation sites is 1. The summed E-state index contributed by atoms with van der Waals surface area (Å²) in [5, 5.41) is 10.5. The van der Waals surface area contributed by atoms with E-state index in [1.165, 1.54) is 4.57 Å². The van der Waals surface area contributed by atoms with Crippen LogP contribution in [0.4, 0.5) is 5.69 Å². The lowest BCUT2D eigenvalue weighted by Gasteiger charge is -2.05. The molecule has 4 rings (SSSR count). The molecule has 2 N–H and O–H groups in total. The van der Waals surface area contributed by atoms with Crippen LogP contribution in [0.1, 0.15) is 22.4 Å². The van der Waals surface area contributed by atoms with Crippen molar-refractivity contribution in [3.63, 3.8) is 0 Å². The van der Waals surface area contributed by atoms with Crippen LogP contribution in [0, 0.1) is 6.92 Å². The summed E-state index contributed by atoms with van der Waals surface area (Å²) in [7, 11) is 0. The fourth-order valence-electron chi connectivity index (χ4n) is 3.03. The summed E-state index contributed by atoms with van der Waals surface area (Å²) < 4.78 is 1.33. The summed E-state index contributed by atoms with van der Waals surface area (Å²) >= 11 is 0. The highest BCUT2D eigenvalue weighted by molar-refractivity contribution is 6.21. The number of aliphatic imine (C=N–C) groups is 1. The van der Waals surface area contributed by atoms with Crippen LogP contribution in [0.5, 0.6) is 5.88 Å². The smallest absolute Gasteiger partial charge is 0.329 e. The summed E-state index contributed by atoms with van der Waals surface area (Å²) in [4.78, 5) is 19.3. The van der Waals surface area contributed by atoms with Gasteiger partial charge in [0.1, 0.15) is 5.69 Å². The van der Waals surface area contributed by atoms with Gasteiger partial charge in [-0.2, -0.15) is 0 Å². The monoisotopic (exact) mass is 331 g/mol. The average Bonchev–Trinajstić information content (AvgIpc) is 3.12. The molecule has 0 radical (unpaired) electrons. The van der Waals surface area contributed by atoms with Crippen molar-refractivity contribution in [2.45, 2.75) is 13.5 Å². The van der Waals surface area contributed by atoms with Crippen molar-refractivity contribution in [1.29, 1.82) is 0 Å². The molecule has 0 bridgehead atoms. The zero-order valence-electron chi connectivity index (χ0n) is 13.7. The van der Waals surface area contributed by atoms with E-state index in [-0.39, 0.29) is 11.6 Å². The number of fused-ring (bicyclic) bond motifs is 1. The number of hydrogen-bond donors (Lipinski definition) is 2. The van der Waals surface area contributed by atoms with Gasteiger partial charge in [-0.1, -0.05) is 48.0 Å². The van der Waals surface area contributed by atoms with Gasteiger partial charge in [-0.25, -0.2) is 4.79 Å². The Bertz CT molecular complexity index is 1070. The molecular formula is C20H17N3O2. The predicted molar refractivity (Wildman–Crippen MR) is 99.5 cm³/mol. The van der Waals surface area contributed by atoms with E-state index < -0.39 is 0 Å². The van der Waals surface area contributed by atoms with Gasteiger partial charge in [-0.05, 0) is 24.6 Å². The molecule has 2 aromatic carbocycles. The predicted octanol–water partition coefficient (Wildman–Crippen LogP) is 3.50. The number of aryl methyl sites for hydroxylation is 1. The minimum absolute atomic E-state index is 0.0724. The Morgan fingerprint density at radius 3 is 2.88 bits per heavy atom. The van der Waals surface area contributed by atoms with Crippen molar-refractivity contribution >= 4 is 23.6 Å². The molecular weight excluding hydrogens is 314 g/mol. The van der Waals surface area contributed by atoms with E-state index in [0.717, 1.165) is 28.0 Å². The molecule has 25 heavy (non-hydrogen) atoms. The van der Waals surface area contributed by atoms with Crippen LogP contribution >= 0.6 is 0 Å². The quantitative estimate of drug-likeness (QED) is 0.771. The first-order valence-electron chi connectivity index (χ1n) is 8.04. The van der Waals surface area contributed by atoms with Crippen LogP contribution in [0.3, 0.4) is 0 Å².